The summed E-state index contributed by atoms with van der Waals surface area (Å²) in [6.45, 7) is 1.55. The Kier molecular flexibility index (Phi) is 4.77. The van der Waals surface area contributed by atoms with Gasteiger partial charge in [-0.05, 0) is 24.3 Å². The Balaban J connectivity index is 2.05. The molecule has 0 aliphatic rings. The van der Waals surface area contributed by atoms with E-state index in [9.17, 15) is 4.79 Å². The van der Waals surface area contributed by atoms with Crippen LogP contribution in [-0.2, 0) is 4.79 Å². The third kappa shape index (κ3) is 4.27. The van der Waals surface area contributed by atoms with Gasteiger partial charge in [0.25, 0.3) is 0 Å². The largest absolute Gasteiger partial charge is 0.288 e. The molecule has 3 heteroatoms. The molecule has 19 heavy (non-hydrogen) atoms. The van der Waals surface area contributed by atoms with Crippen LogP contribution in [0.3, 0.4) is 0 Å². The van der Waals surface area contributed by atoms with E-state index < -0.39 is 0 Å². The zero-order chi connectivity index (χ0) is 13.5. The number of carbonyl (C=O) groups excluding carboxylic acids is 1. The van der Waals surface area contributed by atoms with Gasteiger partial charge in [-0.25, -0.2) is 0 Å². The smallest absolute Gasteiger partial charge is 0.186 e. The summed E-state index contributed by atoms with van der Waals surface area (Å²) in [4.78, 5) is 15.0. The minimum atomic E-state index is 0.0970. The lowest BCUT2D eigenvalue weighted by atomic mass is 10.1. The average Bonchev–Trinajstić information content (AvgIpc) is 2.45. The second-order valence-electron chi connectivity index (χ2n) is 3.87. The van der Waals surface area contributed by atoms with Gasteiger partial charge >= 0.3 is 0 Å². The highest BCUT2D eigenvalue weighted by Gasteiger charge is 1.97. The Bertz CT molecular complexity index is 609. The zero-order valence-electron chi connectivity index (χ0n) is 10.6. The molecule has 0 aliphatic heterocycles. The van der Waals surface area contributed by atoms with Gasteiger partial charge in [0.15, 0.2) is 5.12 Å². The van der Waals surface area contributed by atoms with Crippen molar-refractivity contribution >= 4 is 16.9 Å². The number of aromatic nitrogens is 1. The Morgan fingerprint density at radius 1 is 1.21 bits per heavy atom. The predicted molar refractivity (Wildman–Crippen MR) is 79.7 cm³/mol. The van der Waals surface area contributed by atoms with Crippen molar-refractivity contribution in [1.82, 2.24) is 4.98 Å². The monoisotopic (exact) mass is 267 g/mol. The van der Waals surface area contributed by atoms with E-state index in [1.807, 2.05) is 42.5 Å². The first-order chi connectivity index (χ1) is 9.25. The molecular weight excluding hydrogens is 254 g/mol. The highest BCUT2D eigenvalue weighted by atomic mass is 32.2. The lowest BCUT2D eigenvalue weighted by Crippen LogP contribution is -1.83. The van der Waals surface area contributed by atoms with Crippen molar-refractivity contribution in [3.63, 3.8) is 0 Å². The van der Waals surface area contributed by atoms with E-state index >= 15 is 0 Å². The molecule has 0 bridgehead atoms. The van der Waals surface area contributed by atoms with Crippen molar-refractivity contribution in [2.45, 2.75) is 6.92 Å². The van der Waals surface area contributed by atoms with Gasteiger partial charge in [0.2, 0.25) is 0 Å². The van der Waals surface area contributed by atoms with Gasteiger partial charge < -0.3 is 0 Å². The molecular formula is C16H13NOS. The second-order valence-corrected chi connectivity index (χ2v) is 5.03. The SMILES string of the molecule is CC(=O)SCC#Cc1ccc(-c2ccccn2)cc1. The lowest BCUT2D eigenvalue weighted by molar-refractivity contribution is -0.109. The lowest BCUT2D eigenvalue weighted by Gasteiger charge is -1.99. The minimum Gasteiger partial charge on any atom is -0.288 e. The number of thioether (sulfide) groups is 1. The van der Waals surface area contributed by atoms with Crippen molar-refractivity contribution in [2.24, 2.45) is 0 Å². The molecule has 0 saturated carbocycles. The molecule has 94 valence electrons. The highest BCUT2D eigenvalue weighted by molar-refractivity contribution is 8.13. The number of carbonyl (C=O) groups is 1. The van der Waals surface area contributed by atoms with Crippen LogP contribution in [0.2, 0.25) is 0 Å². The number of benzene rings is 1. The summed E-state index contributed by atoms with van der Waals surface area (Å²) in [5.41, 5.74) is 2.97. The van der Waals surface area contributed by atoms with Gasteiger partial charge in [-0.3, -0.25) is 9.78 Å². The summed E-state index contributed by atoms with van der Waals surface area (Å²) in [7, 11) is 0. The molecule has 0 atom stereocenters. The van der Waals surface area contributed by atoms with E-state index in [1.165, 1.54) is 11.8 Å². The van der Waals surface area contributed by atoms with Gasteiger partial charge in [0, 0.05) is 24.2 Å². The number of pyridine rings is 1. The third-order valence-electron chi connectivity index (χ3n) is 2.43. The van der Waals surface area contributed by atoms with E-state index in [1.54, 1.807) is 13.1 Å². The number of rotatable bonds is 2. The first kappa shape index (κ1) is 13.4. The van der Waals surface area contributed by atoms with E-state index in [4.69, 9.17) is 0 Å². The van der Waals surface area contributed by atoms with Gasteiger partial charge in [-0.1, -0.05) is 41.8 Å². The van der Waals surface area contributed by atoms with E-state index in [0.717, 1.165) is 16.8 Å². The molecule has 0 N–H and O–H groups in total. The third-order valence-corrected chi connectivity index (χ3v) is 3.12. The predicted octanol–water partition coefficient (Wildman–Crippen LogP) is 3.38. The molecule has 0 amide bonds. The maximum absolute atomic E-state index is 10.7. The standard InChI is InChI=1S/C16H13NOS/c1-13(18)19-12-4-5-14-7-9-15(10-8-14)16-6-2-3-11-17-16/h2-3,6-11H,12H2,1H3. The normalized spacial score (nSPS) is 9.53. The van der Waals surface area contributed by atoms with E-state index in [-0.39, 0.29) is 5.12 Å². The molecule has 0 spiro atoms. The van der Waals surface area contributed by atoms with Crippen molar-refractivity contribution < 1.29 is 4.79 Å². The Morgan fingerprint density at radius 2 is 2.00 bits per heavy atom. The highest BCUT2D eigenvalue weighted by Crippen LogP contribution is 2.16. The summed E-state index contributed by atoms with van der Waals surface area (Å²) in [5, 5.41) is 0.0970. The summed E-state index contributed by atoms with van der Waals surface area (Å²) in [5.74, 6) is 6.54. The number of nitrogens with zero attached hydrogens (tertiary/aromatic N) is 1. The van der Waals surface area contributed by atoms with Crippen LogP contribution < -0.4 is 0 Å². The fourth-order valence-corrected chi connectivity index (χ4v) is 1.88. The molecule has 2 nitrogen and oxygen atoms in total. The van der Waals surface area contributed by atoms with Crippen molar-refractivity contribution in [3.8, 4) is 23.1 Å². The van der Waals surface area contributed by atoms with Crippen LogP contribution in [0.5, 0.6) is 0 Å². The Hall–Kier alpha value is -2.05. The van der Waals surface area contributed by atoms with E-state index in [0.29, 0.717) is 5.75 Å². The molecule has 2 rings (SSSR count). The van der Waals surface area contributed by atoms with Crippen LogP contribution in [0.1, 0.15) is 12.5 Å². The van der Waals surface area contributed by atoms with Crippen LogP contribution >= 0.6 is 11.8 Å². The molecule has 1 aromatic carbocycles. The molecule has 0 fully saturated rings. The number of hydrogen-bond donors (Lipinski definition) is 0. The fourth-order valence-electron chi connectivity index (χ4n) is 1.53. The molecule has 0 unspecified atom stereocenters. The topological polar surface area (TPSA) is 30.0 Å². The summed E-state index contributed by atoms with van der Waals surface area (Å²) < 4.78 is 0. The van der Waals surface area contributed by atoms with Crippen molar-refractivity contribution in [3.05, 3.63) is 54.2 Å². The van der Waals surface area contributed by atoms with Crippen LogP contribution in [0.15, 0.2) is 48.7 Å². The van der Waals surface area contributed by atoms with Gasteiger partial charge in [-0.2, -0.15) is 0 Å². The van der Waals surface area contributed by atoms with Gasteiger partial charge in [0.1, 0.15) is 0 Å². The molecule has 1 heterocycles. The zero-order valence-corrected chi connectivity index (χ0v) is 11.4. The fraction of sp³-hybridized carbons (Fsp3) is 0.125. The van der Waals surface area contributed by atoms with Crippen LogP contribution in [0.25, 0.3) is 11.3 Å². The summed E-state index contributed by atoms with van der Waals surface area (Å²) >= 11 is 1.23. The molecule has 0 saturated heterocycles. The summed E-state index contributed by atoms with van der Waals surface area (Å²) in [6.07, 6.45) is 1.78. The molecule has 0 aliphatic carbocycles. The van der Waals surface area contributed by atoms with Gasteiger partial charge in [0.05, 0.1) is 11.4 Å². The van der Waals surface area contributed by atoms with Crippen LogP contribution in [0, 0.1) is 11.8 Å². The maximum Gasteiger partial charge on any atom is 0.186 e. The van der Waals surface area contributed by atoms with Crippen molar-refractivity contribution in [2.75, 3.05) is 5.75 Å². The molecule has 2 aromatic rings. The van der Waals surface area contributed by atoms with Crippen LogP contribution in [0.4, 0.5) is 0 Å². The Morgan fingerprint density at radius 3 is 2.63 bits per heavy atom. The number of hydrogen-bond acceptors (Lipinski definition) is 3. The average molecular weight is 267 g/mol. The first-order valence-corrected chi connectivity index (χ1v) is 6.88. The van der Waals surface area contributed by atoms with Crippen LogP contribution in [-0.4, -0.2) is 15.9 Å². The minimum absolute atomic E-state index is 0.0970. The van der Waals surface area contributed by atoms with Gasteiger partial charge in [-0.15, -0.1) is 0 Å². The van der Waals surface area contributed by atoms with Crippen molar-refractivity contribution in [1.29, 1.82) is 0 Å². The maximum atomic E-state index is 10.7. The molecule has 1 aromatic heterocycles. The second kappa shape index (κ2) is 6.77. The first-order valence-electron chi connectivity index (χ1n) is 5.89. The summed E-state index contributed by atoms with van der Waals surface area (Å²) in [6, 6.07) is 13.8. The Labute approximate surface area is 117 Å². The quantitative estimate of drug-likeness (QED) is 0.781. The van der Waals surface area contributed by atoms with E-state index in [2.05, 4.69) is 16.8 Å². The molecule has 0 radical (unpaired) electrons.